The van der Waals surface area contributed by atoms with E-state index < -0.39 is 5.67 Å². The monoisotopic (exact) mass is 187 g/mol. The van der Waals surface area contributed by atoms with Gasteiger partial charge in [-0.15, -0.1) is 5.10 Å². The third-order valence-electron chi connectivity index (χ3n) is 1.51. The predicted molar refractivity (Wildman–Crippen MR) is 49.1 cm³/mol. The summed E-state index contributed by atoms with van der Waals surface area (Å²) in [4.78, 5) is 3.81. The minimum atomic E-state index is -1.17. The summed E-state index contributed by atoms with van der Waals surface area (Å²) in [5, 5.41) is 9.07. The fourth-order valence-corrected chi connectivity index (χ4v) is 0.825. The first-order chi connectivity index (χ1) is 5.97. The van der Waals surface area contributed by atoms with Gasteiger partial charge in [0.2, 0.25) is 11.9 Å². The molecule has 0 bridgehead atoms. The van der Waals surface area contributed by atoms with E-state index in [1.54, 1.807) is 0 Å². The number of hydrogen-bond donors (Lipinski definition) is 3. The van der Waals surface area contributed by atoms with Crippen molar-refractivity contribution >= 4 is 11.9 Å². The molecule has 13 heavy (non-hydrogen) atoms. The SMILES string of the molecule is CC(C)(F)CCNc1n[nH]c(N)n1. The van der Waals surface area contributed by atoms with Gasteiger partial charge < -0.3 is 11.1 Å². The van der Waals surface area contributed by atoms with Crippen LogP contribution in [0.3, 0.4) is 0 Å². The molecule has 6 heteroatoms. The number of nitrogens with zero attached hydrogens (tertiary/aromatic N) is 2. The summed E-state index contributed by atoms with van der Waals surface area (Å²) in [7, 11) is 0. The number of rotatable bonds is 4. The van der Waals surface area contributed by atoms with Crippen LogP contribution in [-0.4, -0.2) is 27.4 Å². The number of nitrogen functional groups attached to an aromatic ring is 1. The van der Waals surface area contributed by atoms with Crippen LogP contribution in [0, 0.1) is 0 Å². The Kier molecular flexibility index (Phi) is 2.69. The van der Waals surface area contributed by atoms with Crippen LogP contribution < -0.4 is 11.1 Å². The van der Waals surface area contributed by atoms with E-state index in [2.05, 4.69) is 20.5 Å². The molecule has 0 fully saturated rings. The van der Waals surface area contributed by atoms with Crippen molar-refractivity contribution in [1.82, 2.24) is 15.2 Å². The number of nitrogens with two attached hydrogens (primary N) is 1. The largest absolute Gasteiger partial charge is 0.368 e. The lowest BCUT2D eigenvalue weighted by Crippen LogP contribution is -2.17. The van der Waals surface area contributed by atoms with Gasteiger partial charge in [-0.1, -0.05) is 0 Å². The number of hydrogen-bond acceptors (Lipinski definition) is 4. The molecule has 74 valence electrons. The van der Waals surface area contributed by atoms with E-state index in [1.807, 2.05) is 0 Å². The first-order valence-corrected chi connectivity index (χ1v) is 4.08. The Morgan fingerprint density at radius 2 is 2.31 bits per heavy atom. The Morgan fingerprint density at radius 1 is 1.62 bits per heavy atom. The molecule has 0 radical (unpaired) electrons. The van der Waals surface area contributed by atoms with Crippen LogP contribution in [0.5, 0.6) is 0 Å². The number of anilines is 2. The zero-order valence-corrected chi connectivity index (χ0v) is 7.76. The van der Waals surface area contributed by atoms with Crippen molar-refractivity contribution in [2.24, 2.45) is 0 Å². The first-order valence-electron chi connectivity index (χ1n) is 4.08. The molecular formula is C7H14FN5. The van der Waals surface area contributed by atoms with Crippen molar-refractivity contribution in [1.29, 1.82) is 0 Å². The van der Waals surface area contributed by atoms with E-state index in [0.29, 0.717) is 18.9 Å². The summed E-state index contributed by atoms with van der Waals surface area (Å²) in [6, 6.07) is 0. The third kappa shape index (κ3) is 3.73. The Balaban J connectivity index is 2.28. The maximum Gasteiger partial charge on any atom is 0.243 e. The Bertz CT molecular complexity index is 264. The molecule has 0 saturated heterocycles. The van der Waals surface area contributed by atoms with Crippen molar-refractivity contribution in [3.63, 3.8) is 0 Å². The Morgan fingerprint density at radius 3 is 2.77 bits per heavy atom. The lowest BCUT2D eigenvalue weighted by molar-refractivity contribution is 0.207. The highest BCUT2D eigenvalue weighted by Gasteiger charge is 2.14. The fourth-order valence-electron chi connectivity index (χ4n) is 0.825. The van der Waals surface area contributed by atoms with Crippen LogP contribution in [-0.2, 0) is 0 Å². The molecule has 0 aliphatic rings. The topological polar surface area (TPSA) is 79.6 Å². The summed E-state index contributed by atoms with van der Waals surface area (Å²) in [6.45, 7) is 3.54. The molecule has 0 saturated carbocycles. The highest BCUT2D eigenvalue weighted by Crippen LogP contribution is 2.13. The first kappa shape index (κ1) is 9.76. The molecule has 0 spiro atoms. The van der Waals surface area contributed by atoms with Gasteiger partial charge >= 0.3 is 0 Å². The molecular weight excluding hydrogens is 173 g/mol. The predicted octanol–water partition coefficient (Wildman–Crippen LogP) is 0.937. The van der Waals surface area contributed by atoms with Crippen molar-refractivity contribution < 1.29 is 4.39 Å². The van der Waals surface area contributed by atoms with Crippen LogP contribution in [0.4, 0.5) is 16.3 Å². The van der Waals surface area contributed by atoms with Gasteiger partial charge in [0.1, 0.15) is 5.67 Å². The Labute approximate surface area is 75.9 Å². The van der Waals surface area contributed by atoms with Crippen LogP contribution in [0.15, 0.2) is 0 Å². The summed E-state index contributed by atoms with van der Waals surface area (Å²) in [5.41, 5.74) is 4.12. The maximum atomic E-state index is 13.0. The number of H-pyrrole nitrogens is 1. The van der Waals surface area contributed by atoms with Crippen LogP contribution in [0.1, 0.15) is 20.3 Å². The molecule has 1 heterocycles. The normalized spacial score (nSPS) is 11.6. The van der Waals surface area contributed by atoms with E-state index in [-0.39, 0.29) is 5.95 Å². The standard InChI is InChI=1S/C7H14FN5/c1-7(2,8)3-4-10-6-11-5(9)12-13-6/h3-4H2,1-2H3,(H4,9,10,11,12,13). The lowest BCUT2D eigenvalue weighted by atomic mass is 10.1. The fraction of sp³-hybridized carbons (Fsp3) is 0.714. The van der Waals surface area contributed by atoms with E-state index in [4.69, 9.17) is 5.73 Å². The highest BCUT2D eigenvalue weighted by molar-refractivity contribution is 5.29. The van der Waals surface area contributed by atoms with Gasteiger partial charge in [0, 0.05) is 6.54 Å². The van der Waals surface area contributed by atoms with Crippen molar-refractivity contribution in [2.45, 2.75) is 25.9 Å². The van der Waals surface area contributed by atoms with Gasteiger partial charge in [0.05, 0.1) is 0 Å². The Hall–Kier alpha value is -1.33. The van der Waals surface area contributed by atoms with E-state index in [9.17, 15) is 4.39 Å². The average molecular weight is 187 g/mol. The number of halogens is 1. The quantitative estimate of drug-likeness (QED) is 0.655. The maximum absolute atomic E-state index is 13.0. The molecule has 5 nitrogen and oxygen atoms in total. The number of aromatic amines is 1. The van der Waals surface area contributed by atoms with Crippen LogP contribution in [0.25, 0.3) is 0 Å². The minimum Gasteiger partial charge on any atom is -0.368 e. The smallest absolute Gasteiger partial charge is 0.243 e. The average Bonchev–Trinajstić information content (AvgIpc) is 2.33. The summed E-state index contributed by atoms with van der Waals surface area (Å²) in [5.74, 6) is 0.656. The molecule has 0 aliphatic heterocycles. The minimum absolute atomic E-state index is 0.252. The molecule has 0 unspecified atom stereocenters. The van der Waals surface area contributed by atoms with E-state index in [1.165, 1.54) is 13.8 Å². The summed E-state index contributed by atoms with van der Waals surface area (Å²) >= 11 is 0. The summed E-state index contributed by atoms with van der Waals surface area (Å²) < 4.78 is 13.0. The number of aromatic nitrogens is 3. The molecule has 4 N–H and O–H groups in total. The second-order valence-corrected chi connectivity index (χ2v) is 3.44. The zero-order chi connectivity index (χ0) is 9.90. The van der Waals surface area contributed by atoms with Crippen molar-refractivity contribution in [3.8, 4) is 0 Å². The molecule has 1 rings (SSSR count). The second-order valence-electron chi connectivity index (χ2n) is 3.44. The van der Waals surface area contributed by atoms with Gasteiger partial charge in [-0.25, -0.2) is 9.49 Å². The van der Waals surface area contributed by atoms with Crippen molar-refractivity contribution in [3.05, 3.63) is 0 Å². The van der Waals surface area contributed by atoms with Crippen molar-refractivity contribution in [2.75, 3.05) is 17.6 Å². The molecule has 0 aliphatic carbocycles. The number of alkyl halides is 1. The second kappa shape index (κ2) is 3.59. The van der Waals surface area contributed by atoms with Gasteiger partial charge in [-0.3, -0.25) is 0 Å². The third-order valence-corrected chi connectivity index (χ3v) is 1.51. The van der Waals surface area contributed by atoms with Gasteiger partial charge in [-0.2, -0.15) is 4.98 Å². The summed E-state index contributed by atoms with van der Waals surface area (Å²) in [6.07, 6.45) is 0.404. The van der Waals surface area contributed by atoms with Gasteiger partial charge in [0.15, 0.2) is 0 Å². The zero-order valence-electron chi connectivity index (χ0n) is 7.76. The van der Waals surface area contributed by atoms with Gasteiger partial charge in [0.25, 0.3) is 0 Å². The number of nitrogens with one attached hydrogen (secondary N) is 2. The molecule has 0 atom stereocenters. The molecule has 0 amide bonds. The molecule has 1 aromatic rings. The van der Waals surface area contributed by atoms with E-state index in [0.717, 1.165) is 0 Å². The van der Waals surface area contributed by atoms with E-state index >= 15 is 0 Å². The molecule has 0 aromatic carbocycles. The lowest BCUT2D eigenvalue weighted by Gasteiger charge is -2.12. The molecule has 1 aromatic heterocycles. The van der Waals surface area contributed by atoms with Crippen LogP contribution >= 0.6 is 0 Å². The highest BCUT2D eigenvalue weighted by atomic mass is 19.1. The van der Waals surface area contributed by atoms with Gasteiger partial charge in [-0.05, 0) is 20.3 Å². The van der Waals surface area contributed by atoms with Crippen LogP contribution in [0.2, 0.25) is 0 Å².